The van der Waals surface area contributed by atoms with Crippen LogP contribution in [0.5, 0.6) is 0 Å². The maximum Gasteiger partial charge on any atom is 0.306 e. The van der Waals surface area contributed by atoms with Gasteiger partial charge in [0.25, 0.3) is 0 Å². The van der Waals surface area contributed by atoms with E-state index in [-0.39, 0.29) is 18.0 Å². The molecule has 7 nitrogen and oxygen atoms in total. The summed E-state index contributed by atoms with van der Waals surface area (Å²) in [6, 6.07) is 0. The molecule has 0 fully saturated rings. The molecular formula is C12H20N4O3. The summed E-state index contributed by atoms with van der Waals surface area (Å²) in [7, 11) is 0. The predicted molar refractivity (Wildman–Crippen MR) is 70.7 cm³/mol. The fraction of sp³-hybridized carbons (Fsp3) is 0.667. The van der Waals surface area contributed by atoms with Crippen LogP contribution in [0.15, 0.2) is 12.4 Å². The highest BCUT2D eigenvalue weighted by atomic mass is 16.6. The van der Waals surface area contributed by atoms with Crippen molar-refractivity contribution in [3.8, 4) is 0 Å². The van der Waals surface area contributed by atoms with Crippen molar-refractivity contribution in [2.75, 3.05) is 6.54 Å². The Balaban J connectivity index is 2.17. The molecule has 0 atom stereocenters. The van der Waals surface area contributed by atoms with Crippen molar-refractivity contribution >= 4 is 11.6 Å². The van der Waals surface area contributed by atoms with Crippen LogP contribution in [0.1, 0.15) is 39.0 Å². The first-order valence-corrected chi connectivity index (χ1v) is 6.57. The number of nitrogens with zero attached hydrogens (tertiary/aromatic N) is 3. The zero-order chi connectivity index (χ0) is 14.1. The molecule has 0 saturated heterocycles. The van der Waals surface area contributed by atoms with Gasteiger partial charge in [-0.15, -0.1) is 0 Å². The molecular weight excluding hydrogens is 248 g/mol. The average Bonchev–Trinajstić information content (AvgIpc) is 2.85. The van der Waals surface area contributed by atoms with Gasteiger partial charge in [0.1, 0.15) is 12.4 Å². The minimum absolute atomic E-state index is 0.0466. The first-order valence-electron chi connectivity index (χ1n) is 6.57. The topological polar surface area (TPSA) is 90.1 Å². The van der Waals surface area contributed by atoms with E-state index in [0.717, 1.165) is 12.8 Å². The van der Waals surface area contributed by atoms with E-state index >= 15 is 0 Å². The first kappa shape index (κ1) is 15.1. The molecule has 0 unspecified atom stereocenters. The van der Waals surface area contributed by atoms with E-state index in [2.05, 4.69) is 17.3 Å². The van der Waals surface area contributed by atoms with Crippen LogP contribution in [0.3, 0.4) is 0 Å². The minimum atomic E-state index is -0.503. The summed E-state index contributed by atoms with van der Waals surface area (Å²) >= 11 is 0. The average molecular weight is 268 g/mol. The highest BCUT2D eigenvalue weighted by Crippen LogP contribution is 2.07. The molecule has 7 heteroatoms. The van der Waals surface area contributed by atoms with Crippen LogP contribution >= 0.6 is 0 Å². The number of unbranched alkanes of at least 4 members (excludes halogenated alkanes) is 3. The van der Waals surface area contributed by atoms with Crippen molar-refractivity contribution < 1.29 is 9.72 Å². The van der Waals surface area contributed by atoms with Crippen LogP contribution < -0.4 is 5.32 Å². The number of aryl methyl sites for hydroxylation is 1. The van der Waals surface area contributed by atoms with Crippen LogP contribution in [0.25, 0.3) is 0 Å². The van der Waals surface area contributed by atoms with E-state index in [4.69, 9.17) is 0 Å². The first-order chi connectivity index (χ1) is 9.13. The quantitative estimate of drug-likeness (QED) is 0.420. The fourth-order valence-corrected chi connectivity index (χ4v) is 1.65. The number of amides is 1. The summed E-state index contributed by atoms with van der Waals surface area (Å²) in [5.41, 5.74) is -0.0556. The summed E-state index contributed by atoms with van der Waals surface area (Å²) in [5, 5.41) is 17.1. The number of hydrogen-bond acceptors (Lipinski definition) is 4. The van der Waals surface area contributed by atoms with Gasteiger partial charge in [0, 0.05) is 19.5 Å². The van der Waals surface area contributed by atoms with E-state index in [9.17, 15) is 14.9 Å². The molecule has 0 spiro atoms. The lowest BCUT2D eigenvalue weighted by molar-refractivity contribution is -0.385. The number of carbonyl (C=O) groups excluding carboxylic acids is 1. The molecule has 106 valence electrons. The normalized spacial score (nSPS) is 10.4. The van der Waals surface area contributed by atoms with Crippen molar-refractivity contribution in [3.05, 3.63) is 22.5 Å². The number of carbonyl (C=O) groups is 1. The van der Waals surface area contributed by atoms with Gasteiger partial charge in [-0.2, -0.15) is 5.10 Å². The minimum Gasteiger partial charge on any atom is -0.356 e. The van der Waals surface area contributed by atoms with Gasteiger partial charge in [-0.1, -0.05) is 26.2 Å². The van der Waals surface area contributed by atoms with E-state index in [0.29, 0.717) is 13.1 Å². The van der Waals surface area contributed by atoms with Gasteiger partial charge in [-0.3, -0.25) is 19.6 Å². The zero-order valence-corrected chi connectivity index (χ0v) is 11.2. The lowest BCUT2D eigenvalue weighted by Gasteiger charge is -2.04. The van der Waals surface area contributed by atoms with Gasteiger partial charge in [-0.25, -0.2) is 0 Å². The van der Waals surface area contributed by atoms with Crippen molar-refractivity contribution in [2.45, 2.75) is 45.6 Å². The lowest BCUT2D eigenvalue weighted by atomic mass is 10.2. The van der Waals surface area contributed by atoms with Crippen molar-refractivity contribution in [1.82, 2.24) is 15.1 Å². The Hall–Kier alpha value is -1.92. The molecule has 0 aliphatic carbocycles. The lowest BCUT2D eigenvalue weighted by Crippen LogP contribution is -2.25. The van der Waals surface area contributed by atoms with Crippen LogP contribution in [-0.4, -0.2) is 27.2 Å². The maximum atomic E-state index is 11.5. The molecule has 1 aromatic rings. The second-order valence-electron chi connectivity index (χ2n) is 4.38. The monoisotopic (exact) mass is 268 g/mol. The van der Waals surface area contributed by atoms with Crippen molar-refractivity contribution in [1.29, 1.82) is 0 Å². The molecule has 0 saturated carbocycles. The molecule has 1 aromatic heterocycles. The maximum absolute atomic E-state index is 11.5. The van der Waals surface area contributed by atoms with Crippen LogP contribution in [0.4, 0.5) is 5.69 Å². The van der Waals surface area contributed by atoms with Gasteiger partial charge >= 0.3 is 5.69 Å². The summed E-state index contributed by atoms with van der Waals surface area (Å²) in [5.74, 6) is -0.0466. The SMILES string of the molecule is CCCCCCNC(=O)CCn1cc([N+](=O)[O-])cn1. The van der Waals surface area contributed by atoms with Gasteiger partial charge in [0.2, 0.25) is 5.91 Å². The highest BCUT2D eigenvalue weighted by molar-refractivity contribution is 5.75. The Kier molecular flexibility index (Phi) is 6.56. The summed E-state index contributed by atoms with van der Waals surface area (Å²) in [6.45, 7) is 3.19. The summed E-state index contributed by atoms with van der Waals surface area (Å²) < 4.78 is 1.41. The molecule has 1 rings (SSSR count). The number of aromatic nitrogens is 2. The molecule has 0 bridgehead atoms. The largest absolute Gasteiger partial charge is 0.356 e. The third-order valence-corrected chi connectivity index (χ3v) is 2.75. The standard InChI is InChI=1S/C12H20N4O3/c1-2-3-4-5-7-13-12(17)6-8-15-10-11(9-14-15)16(18)19/h9-10H,2-8H2,1H3,(H,13,17). The molecule has 0 aromatic carbocycles. The van der Waals surface area contributed by atoms with Gasteiger partial charge < -0.3 is 5.32 Å². The third kappa shape index (κ3) is 5.98. The Morgan fingerprint density at radius 3 is 2.89 bits per heavy atom. The number of nitro groups is 1. The number of hydrogen-bond donors (Lipinski definition) is 1. The van der Waals surface area contributed by atoms with Crippen LogP contribution in [0, 0.1) is 10.1 Å². The Morgan fingerprint density at radius 2 is 2.26 bits per heavy atom. The van der Waals surface area contributed by atoms with Gasteiger partial charge in [0.15, 0.2) is 0 Å². The van der Waals surface area contributed by atoms with Crippen molar-refractivity contribution in [2.24, 2.45) is 0 Å². The van der Waals surface area contributed by atoms with E-state index in [1.165, 1.54) is 29.9 Å². The number of nitrogens with one attached hydrogen (secondary N) is 1. The smallest absolute Gasteiger partial charge is 0.306 e. The predicted octanol–water partition coefficient (Wildman–Crippen LogP) is 1.88. The molecule has 1 amide bonds. The van der Waals surface area contributed by atoms with E-state index in [1.54, 1.807) is 0 Å². The third-order valence-electron chi connectivity index (χ3n) is 2.75. The van der Waals surface area contributed by atoms with Gasteiger partial charge in [-0.05, 0) is 6.42 Å². The summed E-state index contributed by atoms with van der Waals surface area (Å²) in [6.07, 6.45) is 7.28. The molecule has 1 heterocycles. The zero-order valence-electron chi connectivity index (χ0n) is 11.2. The summed E-state index contributed by atoms with van der Waals surface area (Å²) in [4.78, 5) is 21.5. The Morgan fingerprint density at radius 1 is 1.47 bits per heavy atom. The van der Waals surface area contributed by atoms with Crippen molar-refractivity contribution in [3.63, 3.8) is 0 Å². The Labute approximate surface area is 112 Å². The fourth-order valence-electron chi connectivity index (χ4n) is 1.65. The van der Waals surface area contributed by atoms with E-state index < -0.39 is 4.92 Å². The second kappa shape index (κ2) is 8.23. The number of rotatable bonds is 9. The van der Waals surface area contributed by atoms with Crippen LogP contribution in [0.2, 0.25) is 0 Å². The van der Waals surface area contributed by atoms with E-state index in [1.807, 2.05) is 0 Å². The molecule has 1 N–H and O–H groups in total. The molecule has 0 aliphatic rings. The molecule has 0 radical (unpaired) electrons. The molecule has 19 heavy (non-hydrogen) atoms. The second-order valence-corrected chi connectivity index (χ2v) is 4.38. The Bertz CT molecular complexity index is 417. The molecule has 0 aliphatic heterocycles. The van der Waals surface area contributed by atoms with Gasteiger partial charge in [0.05, 0.1) is 4.92 Å². The highest BCUT2D eigenvalue weighted by Gasteiger charge is 2.09. The van der Waals surface area contributed by atoms with Crippen LogP contribution in [-0.2, 0) is 11.3 Å².